The predicted molar refractivity (Wildman–Crippen MR) is 100 cm³/mol. The van der Waals surface area contributed by atoms with E-state index in [-0.39, 0.29) is 0 Å². The third-order valence-electron chi connectivity index (χ3n) is 5.35. The quantitative estimate of drug-likeness (QED) is 0.604. The zero-order valence-electron chi connectivity index (χ0n) is 14.9. The van der Waals surface area contributed by atoms with Crippen LogP contribution >= 0.6 is 11.8 Å². The molecule has 0 aliphatic heterocycles. The lowest BCUT2D eigenvalue weighted by Crippen LogP contribution is -2.13. The van der Waals surface area contributed by atoms with Crippen LogP contribution in [-0.2, 0) is 19.3 Å². The van der Waals surface area contributed by atoms with Gasteiger partial charge in [0.2, 0.25) is 0 Å². The molecule has 0 unspecified atom stereocenters. The van der Waals surface area contributed by atoms with Crippen LogP contribution < -0.4 is 5.32 Å². The summed E-state index contributed by atoms with van der Waals surface area (Å²) in [7, 11) is 0. The summed E-state index contributed by atoms with van der Waals surface area (Å²) < 4.78 is 2.40. The van der Waals surface area contributed by atoms with Crippen LogP contribution in [0.4, 0.5) is 5.82 Å². The zero-order valence-corrected chi connectivity index (χ0v) is 15.7. The first-order valence-corrected chi connectivity index (χ1v) is 10.6. The smallest absolute Gasteiger partial charge is 0.191 e. The molecule has 0 amide bonds. The van der Waals surface area contributed by atoms with Crippen molar-refractivity contribution in [3.05, 3.63) is 23.4 Å². The van der Waals surface area contributed by atoms with Gasteiger partial charge in [-0.25, -0.2) is 9.97 Å². The third kappa shape index (κ3) is 3.52. The average Bonchev–Trinajstić information content (AvgIpc) is 3.38. The lowest BCUT2D eigenvalue weighted by molar-refractivity contribution is 0.461. The van der Waals surface area contributed by atoms with E-state index in [1.54, 1.807) is 18.1 Å². The second-order valence-corrected chi connectivity index (χ2v) is 7.72. The normalized spacial score (nSPS) is 17.2. The van der Waals surface area contributed by atoms with Gasteiger partial charge in [0, 0.05) is 30.3 Å². The Balaban J connectivity index is 1.36. The van der Waals surface area contributed by atoms with E-state index in [0.717, 1.165) is 49.0 Å². The highest BCUT2D eigenvalue weighted by molar-refractivity contribution is 7.98. The second kappa shape index (κ2) is 7.72. The number of thioether (sulfide) groups is 1. The Kier molecular flexibility index (Phi) is 5.20. The Bertz CT molecular complexity index is 722. The van der Waals surface area contributed by atoms with Crippen LogP contribution in [0.5, 0.6) is 0 Å². The van der Waals surface area contributed by atoms with Crippen molar-refractivity contribution in [2.75, 3.05) is 18.1 Å². The molecule has 6 nitrogen and oxygen atoms in total. The van der Waals surface area contributed by atoms with Crippen LogP contribution in [0.25, 0.3) is 0 Å². The fraction of sp³-hybridized carbons (Fsp3) is 0.667. The van der Waals surface area contributed by atoms with E-state index in [9.17, 15) is 0 Å². The van der Waals surface area contributed by atoms with Crippen molar-refractivity contribution >= 4 is 17.6 Å². The van der Waals surface area contributed by atoms with Gasteiger partial charge in [-0.1, -0.05) is 24.6 Å². The Labute approximate surface area is 153 Å². The first-order chi connectivity index (χ1) is 12.4. The molecule has 25 heavy (non-hydrogen) atoms. The van der Waals surface area contributed by atoms with Gasteiger partial charge in [-0.3, -0.25) is 0 Å². The Morgan fingerprint density at radius 2 is 2.04 bits per heavy atom. The van der Waals surface area contributed by atoms with Crippen molar-refractivity contribution in [1.29, 1.82) is 0 Å². The molecule has 2 aromatic rings. The summed E-state index contributed by atoms with van der Waals surface area (Å²) in [6.45, 7) is 0.912. The number of nitrogens with zero attached hydrogens (tertiary/aromatic N) is 5. The summed E-state index contributed by atoms with van der Waals surface area (Å²) in [4.78, 5) is 8.82. The van der Waals surface area contributed by atoms with Crippen LogP contribution in [0.15, 0.2) is 11.5 Å². The minimum Gasteiger partial charge on any atom is -0.370 e. The number of hydrogen-bond donors (Lipinski definition) is 1. The topological polar surface area (TPSA) is 68.5 Å². The third-order valence-corrected chi connectivity index (χ3v) is 6.00. The molecule has 1 fully saturated rings. The molecule has 2 aromatic heterocycles. The molecule has 2 aliphatic carbocycles. The SMILES string of the molecule is CSc1nnc(CCCNc2ncnc3c2CCC3)n1C1CCCC1. The molecular formula is C18H26N6S. The summed E-state index contributed by atoms with van der Waals surface area (Å²) in [5.74, 6) is 2.18. The number of hydrogen-bond acceptors (Lipinski definition) is 6. The Hall–Kier alpha value is -1.63. The van der Waals surface area contributed by atoms with Crippen LogP contribution in [0, 0.1) is 0 Å². The van der Waals surface area contributed by atoms with Crippen molar-refractivity contribution < 1.29 is 0 Å². The number of rotatable bonds is 7. The Morgan fingerprint density at radius 1 is 1.16 bits per heavy atom. The fourth-order valence-corrected chi connectivity index (χ4v) is 4.69. The van der Waals surface area contributed by atoms with E-state index in [1.807, 2.05) is 0 Å². The molecule has 0 spiro atoms. The molecule has 0 radical (unpaired) electrons. The van der Waals surface area contributed by atoms with Gasteiger partial charge in [0.05, 0.1) is 0 Å². The van der Waals surface area contributed by atoms with Gasteiger partial charge in [0.1, 0.15) is 18.0 Å². The number of anilines is 1. The van der Waals surface area contributed by atoms with Gasteiger partial charge in [-0.05, 0) is 44.8 Å². The average molecular weight is 359 g/mol. The van der Waals surface area contributed by atoms with Crippen molar-refractivity contribution in [2.24, 2.45) is 0 Å². The minimum atomic E-state index is 0.602. The monoisotopic (exact) mass is 358 g/mol. The summed E-state index contributed by atoms with van der Waals surface area (Å²) >= 11 is 1.71. The van der Waals surface area contributed by atoms with Crippen LogP contribution in [-0.4, -0.2) is 37.5 Å². The van der Waals surface area contributed by atoms with Gasteiger partial charge in [-0.15, -0.1) is 10.2 Å². The number of fused-ring (bicyclic) bond motifs is 1. The van der Waals surface area contributed by atoms with Gasteiger partial charge in [-0.2, -0.15) is 0 Å². The molecule has 1 saturated carbocycles. The standard InChI is InChI=1S/C18H26N6S/c1-25-18-23-22-16(24(18)13-6-2-3-7-13)10-5-11-19-17-14-8-4-9-15(14)20-12-21-17/h12-13H,2-11H2,1H3,(H,19,20,21). The number of aryl methyl sites for hydroxylation is 2. The largest absolute Gasteiger partial charge is 0.370 e. The number of nitrogens with one attached hydrogen (secondary N) is 1. The van der Waals surface area contributed by atoms with E-state index < -0.39 is 0 Å². The molecule has 0 aromatic carbocycles. The highest BCUT2D eigenvalue weighted by Crippen LogP contribution is 2.33. The second-order valence-electron chi connectivity index (χ2n) is 6.94. The van der Waals surface area contributed by atoms with Crippen molar-refractivity contribution in [3.8, 4) is 0 Å². The molecule has 0 atom stereocenters. The van der Waals surface area contributed by atoms with Crippen molar-refractivity contribution in [3.63, 3.8) is 0 Å². The maximum Gasteiger partial charge on any atom is 0.191 e. The van der Waals surface area contributed by atoms with Crippen LogP contribution in [0.2, 0.25) is 0 Å². The van der Waals surface area contributed by atoms with Crippen molar-refractivity contribution in [1.82, 2.24) is 24.7 Å². The van der Waals surface area contributed by atoms with E-state index in [4.69, 9.17) is 0 Å². The van der Waals surface area contributed by atoms with Gasteiger partial charge < -0.3 is 9.88 Å². The predicted octanol–water partition coefficient (Wildman–Crippen LogP) is 3.44. The van der Waals surface area contributed by atoms with Crippen LogP contribution in [0.1, 0.15) is 61.6 Å². The molecule has 7 heteroatoms. The lowest BCUT2D eigenvalue weighted by atomic mass is 10.2. The zero-order chi connectivity index (χ0) is 17.1. The van der Waals surface area contributed by atoms with Gasteiger partial charge in [0.15, 0.2) is 5.16 Å². The minimum absolute atomic E-state index is 0.602. The van der Waals surface area contributed by atoms with Gasteiger partial charge >= 0.3 is 0 Å². The van der Waals surface area contributed by atoms with E-state index in [1.165, 1.54) is 43.4 Å². The maximum atomic E-state index is 4.47. The first-order valence-electron chi connectivity index (χ1n) is 9.41. The van der Waals surface area contributed by atoms with Gasteiger partial charge in [0.25, 0.3) is 0 Å². The molecule has 0 saturated heterocycles. The van der Waals surface area contributed by atoms with Crippen molar-refractivity contribution in [2.45, 2.75) is 69.0 Å². The number of aromatic nitrogens is 5. The molecule has 134 valence electrons. The molecule has 2 aliphatic rings. The lowest BCUT2D eigenvalue weighted by Gasteiger charge is -2.16. The fourth-order valence-electron chi connectivity index (χ4n) is 4.11. The summed E-state index contributed by atoms with van der Waals surface area (Å²) in [5.41, 5.74) is 2.55. The molecule has 0 bridgehead atoms. The maximum absolute atomic E-state index is 4.47. The summed E-state index contributed by atoms with van der Waals surface area (Å²) in [6, 6.07) is 0.602. The summed E-state index contributed by atoms with van der Waals surface area (Å²) in [5, 5.41) is 13.5. The summed E-state index contributed by atoms with van der Waals surface area (Å²) in [6.07, 6.45) is 14.4. The van der Waals surface area contributed by atoms with E-state index in [0.29, 0.717) is 6.04 Å². The Morgan fingerprint density at radius 3 is 2.88 bits per heavy atom. The highest BCUT2D eigenvalue weighted by Gasteiger charge is 2.23. The first kappa shape index (κ1) is 16.8. The van der Waals surface area contributed by atoms with Crippen LogP contribution in [0.3, 0.4) is 0 Å². The van der Waals surface area contributed by atoms with E-state index in [2.05, 4.69) is 36.3 Å². The van der Waals surface area contributed by atoms with E-state index >= 15 is 0 Å². The highest BCUT2D eigenvalue weighted by atomic mass is 32.2. The molecule has 2 heterocycles. The molecular weight excluding hydrogens is 332 g/mol. The molecule has 4 rings (SSSR count). The molecule has 1 N–H and O–H groups in total.